The number of likely N-dealkylation sites (tertiary alicyclic amines) is 1. The van der Waals surface area contributed by atoms with Crippen molar-refractivity contribution < 1.29 is 27.9 Å². The van der Waals surface area contributed by atoms with E-state index in [0.29, 0.717) is 12.5 Å². The normalized spacial score (nSPS) is 18.9. The Kier molecular flexibility index (Phi) is 4.13. The predicted molar refractivity (Wildman–Crippen MR) is 68.1 cm³/mol. The number of carboxylic acid groups (broad SMARTS) is 1. The summed E-state index contributed by atoms with van der Waals surface area (Å²) in [6.45, 7) is 0.198. The molecule has 0 aromatic heterocycles. The maximum atomic E-state index is 12.7. The highest BCUT2D eigenvalue weighted by atomic mass is 35.5. The average molecular weight is 322 g/mol. The molecule has 8 heteroatoms. The molecule has 1 atom stereocenters. The van der Waals surface area contributed by atoms with E-state index >= 15 is 0 Å². The Bertz CT molecular complexity index is 589. The van der Waals surface area contributed by atoms with Crippen LogP contribution in [0.3, 0.4) is 0 Å². The Hall–Kier alpha value is -1.76. The number of hydrogen-bond donors (Lipinski definition) is 1. The molecule has 0 spiro atoms. The van der Waals surface area contributed by atoms with Gasteiger partial charge in [0.25, 0.3) is 5.91 Å². The van der Waals surface area contributed by atoms with Crippen molar-refractivity contribution in [2.75, 3.05) is 6.54 Å². The summed E-state index contributed by atoms with van der Waals surface area (Å²) < 4.78 is 38.1. The maximum absolute atomic E-state index is 12.7. The lowest BCUT2D eigenvalue weighted by Gasteiger charge is -2.22. The van der Waals surface area contributed by atoms with Gasteiger partial charge >= 0.3 is 12.1 Å². The van der Waals surface area contributed by atoms with Crippen molar-refractivity contribution >= 4 is 23.5 Å². The molecule has 4 nitrogen and oxygen atoms in total. The predicted octanol–water partition coefficient (Wildman–Crippen LogP) is 3.05. The Labute approximate surface area is 123 Å². The SMILES string of the molecule is O=C(O)[C@@H]1CCCN1C(=O)c1cc(Cl)cc(C(F)(F)F)c1. The molecule has 0 aliphatic carbocycles. The average Bonchev–Trinajstić information content (AvgIpc) is 2.85. The van der Waals surface area contributed by atoms with Gasteiger partial charge in [0.1, 0.15) is 6.04 Å². The standard InChI is InChI=1S/C13H11ClF3NO3/c14-9-5-7(4-8(6-9)13(15,16)17)11(19)18-3-1-2-10(18)12(20)21/h4-6,10H,1-3H2,(H,20,21)/t10-/m0/s1. The highest BCUT2D eigenvalue weighted by molar-refractivity contribution is 6.31. The number of amides is 1. The van der Waals surface area contributed by atoms with Gasteiger partial charge in [-0.3, -0.25) is 4.79 Å². The smallest absolute Gasteiger partial charge is 0.416 e. The number of carbonyl (C=O) groups is 2. The first-order valence-corrected chi connectivity index (χ1v) is 6.49. The number of alkyl halides is 3. The first-order chi connectivity index (χ1) is 9.70. The molecular formula is C13H11ClF3NO3. The molecule has 1 aromatic rings. The lowest BCUT2D eigenvalue weighted by molar-refractivity contribution is -0.141. The third-order valence-electron chi connectivity index (χ3n) is 3.27. The van der Waals surface area contributed by atoms with Crippen LogP contribution in [0, 0.1) is 0 Å². The zero-order chi connectivity index (χ0) is 15.8. The van der Waals surface area contributed by atoms with Gasteiger partial charge in [0, 0.05) is 17.1 Å². The Balaban J connectivity index is 2.35. The monoisotopic (exact) mass is 321 g/mol. The summed E-state index contributed by atoms with van der Waals surface area (Å²) in [5.74, 6) is -1.92. The molecule has 1 amide bonds. The number of rotatable bonds is 2. The molecule has 114 valence electrons. The van der Waals surface area contributed by atoms with Crippen molar-refractivity contribution in [3.05, 3.63) is 34.3 Å². The number of hydrogen-bond acceptors (Lipinski definition) is 2. The fourth-order valence-corrected chi connectivity index (χ4v) is 2.54. The largest absolute Gasteiger partial charge is 0.480 e. The number of nitrogens with zero attached hydrogens (tertiary/aromatic N) is 1. The minimum atomic E-state index is -4.63. The molecule has 1 aliphatic rings. The van der Waals surface area contributed by atoms with E-state index in [1.54, 1.807) is 0 Å². The molecule has 1 saturated heterocycles. The van der Waals surface area contributed by atoms with Crippen LogP contribution < -0.4 is 0 Å². The second-order valence-electron chi connectivity index (χ2n) is 4.72. The molecule has 1 aromatic carbocycles. The summed E-state index contributed by atoms with van der Waals surface area (Å²) in [7, 11) is 0. The van der Waals surface area contributed by atoms with Gasteiger partial charge in [-0.15, -0.1) is 0 Å². The van der Waals surface area contributed by atoms with Crippen LogP contribution in [-0.2, 0) is 11.0 Å². The summed E-state index contributed by atoms with van der Waals surface area (Å²) in [6.07, 6.45) is -3.85. The van der Waals surface area contributed by atoms with Crippen LogP contribution in [0.4, 0.5) is 13.2 Å². The van der Waals surface area contributed by atoms with E-state index in [1.165, 1.54) is 0 Å². The third kappa shape index (κ3) is 3.29. The number of carboxylic acids is 1. The van der Waals surface area contributed by atoms with Crippen molar-refractivity contribution in [2.24, 2.45) is 0 Å². The zero-order valence-corrected chi connectivity index (χ0v) is 11.4. The van der Waals surface area contributed by atoms with Crippen LogP contribution in [-0.4, -0.2) is 34.5 Å². The Morgan fingerprint density at radius 1 is 1.29 bits per heavy atom. The van der Waals surface area contributed by atoms with Gasteiger partial charge in [0.05, 0.1) is 5.56 Å². The van der Waals surface area contributed by atoms with E-state index in [9.17, 15) is 22.8 Å². The van der Waals surface area contributed by atoms with Crippen LogP contribution >= 0.6 is 11.6 Å². The number of aliphatic carboxylic acids is 1. The second-order valence-corrected chi connectivity index (χ2v) is 5.16. The van der Waals surface area contributed by atoms with Crippen LogP contribution in [0.15, 0.2) is 18.2 Å². The summed E-state index contributed by atoms with van der Waals surface area (Å²) in [6, 6.07) is 1.50. The fraction of sp³-hybridized carbons (Fsp3) is 0.385. The van der Waals surface area contributed by atoms with Crippen LogP contribution in [0.5, 0.6) is 0 Å². The van der Waals surface area contributed by atoms with Crippen LogP contribution in [0.2, 0.25) is 5.02 Å². The van der Waals surface area contributed by atoms with E-state index in [4.69, 9.17) is 16.7 Å². The lowest BCUT2D eigenvalue weighted by Crippen LogP contribution is -2.40. The van der Waals surface area contributed by atoms with Crippen molar-refractivity contribution in [3.8, 4) is 0 Å². The molecule has 2 rings (SSSR count). The molecule has 0 saturated carbocycles. The summed E-state index contributed by atoms with van der Waals surface area (Å²) in [4.78, 5) is 24.3. The molecule has 1 aliphatic heterocycles. The van der Waals surface area contributed by atoms with Crippen LogP contribution in [0.25, 0.3) is 0 Å². The van der Waals surface area contributed by atoms with E-state index in [0.717, 1.165) is 17.0 Å². The Morgan fingerprint density at radius 3 is 2.52 bits per heavy atom. The highest BCUT2D eigenvalue weighted by Gasteiger charge is 2.36. The van der Waals surface area contributed by atoms with Crippen molar-refractivity contribution in [2.45, 2.75) is 25.1 Å². The molecule has 1 fully saturated rings. The number of halogens is 4. The van der Waals surface area contributed by atoms with Gasteiger partial charge in [0.2, 0.25) is 0 Å². The van der Waals surface area contributed by atoms with E-state index in [-0.39, 0.29) is 23.6 Å². The molecule has 0 radical (unpaired) electrons. The topological polar surface area (TPSA) is 57.6 Å². The molecule has 1 heterocycles. The second kappa shape index (κ2) is 5.55. The molecular weight excluding hydrogens is 311 g/mol. The first-order valence-electron chi connectivity index (χ1n) is 6.11. The molecule has 21 heavy (non-hydrogen) atoms. The van der Waals surface area contributed by atoms with E-state index < -0.39 is 29.7 Å². The number of benzene rings is 1. The molecule has 0 bridgehead atoms. The van der Waals surface area contributed by atoms with Crippen molar-refractivity contribution in [1.82, 2.24) is 4.90 Å². The van der Waals surface area contributed by atoms with Crippen LogP contribution in [0.1, 0.15) is 28.8 Å². The minimum Gasteiger partial charge on any atom is -0.480 e. The van der Waals surface area contributed by atoms with E-state index in [1.807, 2.05) is 0 Å². The van der Waals surface area contributed by atoms with Gasteiger partial charge in [-0.25, -0.2) is 4.79 Å². The van der Waals surface area contributed by atoms with Gasteiger partial charge in [-0.1, -0.05) is 11.6 Å². The maximum Gasteiger partial charge on any atom is 0.416 e. The minimum absolute atomic E-state index is 0.198. The van der Waals surface area contributed by atoms with Gasteiger partial charge in [0.15, 0.2) is 0 Å². The van der Waals surface area contributed by atoms with Gasteiger partial charge in [-0.05, 0) is 31.0 Å². The summed E-state index contributed by atoms with van der Waals surface area (Å²) >= 11 is 5.62. The van der Waals surface area contributed by atoms with Gasteiger partial charge in [-0.2, -0.15) is 13.2 Å². The Morgan fingerprint density at radius 2 is 1.95 bits per heavy atom. The number of carbonyl (C=O) groups excluding carboxylic acids is 1. The molecule has 1 N–H and O–H groups in total. The quantitative estimate of drug-likeness (QED) is 0.911. The zero-order valence-electron chi connectivity index (χ0n) is 10.7. The van der Waals surface area contributed by atoms with Crippen molar-refractivity contribution in [3.63, 3.8) is 0 Å². The highest BCUT2D eigenvalue weighted by Crippen LogP contribution is 2.32. The first kappa shape index (κ1) is 15.6. The lowest BCUT2D eigenvalue weighted by atomic mass is 10.1. The third-order valence-corrected chi connectivity index (χ3v) is 3.49. The van der Waals surface area contributed by atoms with E-state index in [2.05, 4.69) is 0 Å². The van der Waals surface area contributed by atoms with Crippen molar-refractivity contribution in [1.29, 1.82) is 0 Å². The summed E-state index contributed by atoms with van der Waals surface area (Å²) in [5.41, 5.74) is -1.30. The molecule has 0 unspecified atom stereocenters. The summed E-state index contributed by atoms with van der Waals surface area (Å²) in [5, 5.41) is 8.80. The van der Waals surface area contributed by atoms with Gasteiger partial charge < -0.3 is 10.0 Å². The fourth-order valence-electron chi connectivity index (χ4n) is 2.31.